The second-order valence-electron chi connectivity index (χ2n) is 4.29. The van der Waals surface area contributed by atoms with E-state index in [1.54, 1.807) is 6.07 Å². The van der Waals surface area contributed by atoms with Crippen molar-refractivity contribution in [3.63, 3.8) is 0 Å². The molecule has 2 aromatic rings. The molecule has 0 amide bonds. The predicted octanol–water partition coefficient (Wildman–Crippen LogP) is 4.41. The van der Waals surface area contributed by atoms with Gasteiger partial charge in [-0.15, -0.1) is 0 Å². The smallest absolute Gasteiger partial charge is 0.132 e. The Hall–Kier alpha value is -1.39. The maximum absolute atomic E-state index is 13.3. The average Bonchev–Trinajstić information content (AvgIpc) is 2.37. The van der Waals surface area contributed by atoms with Crippen molar-refractivity contribution in [3.8, 4) is 11.5 Å². The Morgan fingerprint density at radius 3 is 2.68 bits per heavy atom. The molecule has 0 aliphatic rings. The molecule has 0 fully saturated rings. The fourth-order valence-corrected chi connectivity index (χ4v) is 2.12. The van der Waals surface area contributed by atoms with Crippen molar-refractivity contribution in [2.75, 3.05) is 7.05 Å². The first-order chi connectivity index (χ1) is 9.10. The van der Waals surface area contributed by atoms with Crippen LogP contribution in [0, 0.1) is 12.7 Å². The third kappa shape index (κ3) is 3.55. The minimum Gasteiger partial charge on any atom is -0.457 e. The van der Waals surface area contributed by atoms with E-state index in [-0.39, 0.29) is 5.82 Å². The van der Waals surface area contributed by atoms with E-state index in [0.29, 0.717) is 12.3 Å². The van der Waals surface area contributed by atoms with E-state index in [2.05, 4.69) is 21.2 Å². The highest BCUT2D eigenvalue weighted by atomic mass is 79.9. The van der Waals surface area contributed by atoms with Crippen molar-refractivity contribution in [1.82, 2.24) is 5.32 Å². The Morgan fingerprint density at radius 2 is 1.95 bits per heavy atom. The van der Waals surface area contributed by atoms with E-state index in [0.717, 1.165) is 21.3 Å². The quantitative estimate of drug-likeness (QED) is 0.899. The summed E-state index contributed by atoms with van der Waals surface area (Å²) in [6, 6.07) is 10.4. The van der Waals surface area contributed by atoms with E-state index in [1.807, 2.05) is 32.2 Å². The van der Waals surface area contributed by atoms with E-state index in [1.165, 1.54) is 12.1 Å². The number of benzene rings is 2. The van der Waals surface area contributed by atoms with E-state index < -0.39 is 0 Å². The van der Waals surface area contributed by atoms with Gasteiger partial charge in [0.2, 0.25) is 0 Å². The molecular formula is C15H15BrFNO. The second-order valence-corrected chi connectivity index (χ2v) is 5.21. The lowest BCUT2D eigenvalue weighted by Gasteiger charge is -2.13. The summed E-state index contributed by atoms with van der Waals surface area (Å²) in [6.45, 7) is 2.53. The molecule has 2 nitrogen and oxygen atoms in total. The van der Waals surface area contributed by atoms with Crippen molar-refractivity contribution in [3.05, 3.63) is 57.8 Å². The summed E-state index contributed by atoms with van der Waals surface area (Å²) in [6.07, 6.45) is 0. The molecule has 0 unspecified atom stereocenters. The Bertz CT molecular complexity index is 586. The molecule has 0 aromatic heterocycles. The van der Waals surface area contributed by atoms with Crippen LogP contribution in [0.4, 0.5) is 4.39 Å². The third-order valence-corrected chi connectivity index (χ3v) is 3.25. The summed E-state index contributed by atoms with van der Waals surface area (Å²) in [5.41, 5.74) is 1.82. The van der Waals surface area contributed by atoms with Crippen LogP contribution in [0.15, 0.2) is 40.9 Å². The van der Waals surface area contributed by atoms with Gasteiger partial charge in [0.15, 0.2) is 0 Å². The monoisotopic (exact) mass is 323 g/mol. The minimum absolute atomic E-state index is 0.261. The molecule has 1 N–H and O–H groups in total. The minimum atomic E-state index is -0.261. The molecule has 0 atom stereocenters. The van der Waals surface area contributed by atoms with E-state index in [4.69, 9.17) is 4.74 Å². The average molecular weight is 324 g/mol. The lowest BCUT2D eigenvalue weighted by atomic mass is 10.2. The van der Waals surface area contributed by atoms with Gasteiger partial charge in [-0.05, 0) is 49.9 Å². The number of ether oxygens (including phenoxy) is 1. The molecule has 2 rings (SSSR count). The number of hydrogen-bond donors (Lipinski definition) is 1. The summed E-state index contributed by atoms with van der Waals surface area (Å²) in [7, 11) is 1.82. The Labute approximate surface area is 120 Å². The molecule has 19 heavy (non-hydrogen) atoms. The summed E-state index contributed by atoms with van der Waals surface area (Å²) >= 11 is 3.42. The maximum Gasteiger partial charge on any atom is 0.132 e. The highest BCUT2D eigenvalue weighted by molar-refractivity contribution is 9.10. The van der Waals surface area contributed by atoms with Crippen molar-refractivity contribution in [2.24, 2.45) is 0 Å². The van der Waals surface area contributed by atoms with Crippen molar-refractivity contribution >= 4 is 15.9 Å². The van der Waals surface area contributed by atoms with Gasteiger partial charge in [0.25, 0.3) is 0 Å². The first kappa shape index (κ1) is 14.0. The van der Waals surface area contributed by atoms with Crippen LogP contribution in [0.2, 0.25) is 0 Å². The molecule has 4 heteroatoms. The normalized spacial score (nSPS) is 10.5. The second kappa shape index (κ2) is 6.17. The maximum atomic E-state index is 13.3. The predicted molar refractivity (Wildman–Crippen MR) is 78.1 cm³/mol. The first-order valence-electron chi connectivity index (χ1n) is 5.97. The van der Waals surface area contributed by atoms with Gasteiger partial charge in [0, 0.05) is 16.6 Å². The number of nitrogens with one attached hydrogen (secondary N) is 1. The van der Waals surface area contributed by atoms with Crippen LogP contribution < -0.4 is 10.1 Å². The van der Waals surface area contributed by atoms with E-state index in [9.17, 15) is 4.39 Å². The zero-order chi connectivity index (χ0) is 13.8. The van der Waals surface area contributed by atoms with Crippen molar-refractivity contribution in [1.29, 1.82) is 0 Å². The third-order valence-electron chi connectivity index (χ3n) is 2.76. The molecule has 0 saturated heterocycles. The van der Waals surface area contributed by atoms with Crippen LogP contribution in [-0.4, -0.2) is 7.05 Å². The Balaban J connectivity index is 2.34. The standard InChI is InChI=1S/C15H15BrFNO/c1-10-3-4-12(16)8-15(10)19-14-6-5-13(17)7-11(14)9-18-2/h3-8,18H,9H2,1-2H3. The van der Waals surface area contributed by atoms with Crippen LogP contribution in [0.5, 0.6) is 11.5 Å². The number of hydrogen-bond acceptors (Lipinski definition) is 2. The summed E-state index contributed by atoms with van der Waals surface area (Å²) in [4.78, 5) is 0. The van der Waals surface area contributed by atoms with Crippen LogP contribution in [0.3, 0.4) is 0 Å². The van der Waals surface area contributed by atoms with Crippen molar-refractivity contribution < 1.29 is 9.13 Å². The Kier molecular flexibility index (Phi) is 4.56. The van der Waals surface area contributed by atoms with Crippen LogP contribution in [0.1, 0.15) is 11.1 Å². The van der Waals surface area contributed by atoms with Gasteiger partial charge >= 0.3 is 0 Å². The summed E-state index contributed by atoms with van der Waals surface area (Å²) in [5.74, 6) is 1.17. The van der Waals surface area contributed by atoms with E-state index >= 15 is 0 Å². The Morgan fingerprint density at radius 1 is 1.16 bits per heavy atom. The largest absolute Gasteiger partial charge is 0.457 e. The van der Waals surface area contributed by atoms with Gasteiger partial charge in [0.05, 0.1) is 0 Å². The lowest BCUT2D eigenvalue weighted by molar-refractivity contribution is 0.468. The first-order valence-corrected chi connectivity index (χ1v) is 6.76. The summed E-state index contributed by atoms with van der Waals surface area (Å²) < 4.78 is 20.1. The molecule has 0 bridgehead atoms. The fourth-order valence-electron chi connectivity index (χ4n) is 1.78. The highest BCUT2D eigenvalue weighted by Crippen LogP contribution is 2.30. The van der Waals surface area contributed by atoms with Crippen molar-refractivity contribution in [2.45, 2.75) is 13.5 Å². The van der Waals surface area contributed by atoms with Gasteiger partial charge < -0.3 is 10.1 Å². The topological polar surface area (TPSA) is 21.3 Å². The van der Waals surface area contributed by atoms with Gasteiger partial charge in [-0.1, -0.05) is 22.0 Å². The van der Waals surface area contributed by atoms with Crippen LogP contribution >= 0.6 is 15.9 Å². The van der Waals surface area contributed by atoms with Crippen LogP contribution in [0.25, 0.3) is 0 Å². The number of rotatable bonds is 4. The van der Waals surface area contributed by atoms with Gasteiger partial charge in [-0.25, -0.2) is 4.39 Å². The molecule has 0 saturated carbocycles. The van der Waals surface area contributed by atoms with Crippen LogP contribution in [-0.2, 0) is 6.54 Å². The molecule has 100 valence electrons. The fraction of sp³-hybridized carbons (Fsp3) is 0.200. The molecule has 2 aromatic carbocycles. The lowest BCUT2D eigenvalue weighted by Crippen LogP contribution is -2.07. The SMILES string of the molecule is CNCc1cc(F)ccc1Oc1cc(Br)ccc1C. The zero-order valence-corrected chi connectivity index (χ0v) is 12.4. The summed E-state index contributed by atoms with van der Waals surface area (Å²) in [5, 5.41) is 3.01. The van der Waals surface area contributed by atoms with Gasteiger partial charge in [-0.3, -0.25) is 0 Å². The molecule has 0 aliphatic carbocycles. The zero-order valence-electron chi connectivity index (χ0n) is 10.8. The number of halogens is 2. The molecular weight excluding hydrogens is 309 g/mol. The molecule has 0 heterocycles. The van der Waals surface area contributed by atoms with Gasteiger partial charge in [-0.2, -0.15) is 0 Å². The molecule has 0 spiro atoms. The highest BCUT2D eigenvalue weighted by Gasteiger charge is 2.08. The molecule has 0 radical (unpaired) electrons. The number of aryl methyl sites for hydroxylation is 1. The molecule has 0 aliphatic heterocycles. The van der Waals surface area contributed by atoms with Gasteiger partial charge in [0.1, 0.15) is 17.3 Å².